The number of ketones is 1. The number of alkyl halides is 3. The van der Waals surface area contributed by atoms with Crippen LogP contribution in [0.1, 0.15) is 35.5 Å². The third kappa shape index (κ3) is 6.73. The van der Waals surface area contributed by atoms with Gasteiger partial charge >= 0.3 is 6.36 Å². The molecule has 0 spiro atoms. The van der Waals surface area contributed by atoms with E-state index >= 15 is 0 Å². The van der Waals surface area contributed by atoms with Gasteiger partial charge in [-0.15, -0.1) is 13.2 Å². The summed E-state index contributed by atoms with van der Waals surface area (Å²) in [5.41, 5.74) is 1.26. The van der Waals surface area contributed by atoms with Gasteiger partial charge in [0, 0.05) is 36.3 Å². The van der Waals surface area contributed by atoms with E-state index in [1.807, 2.05) is 0 Å². The number of ether oxygens (including phenoxy) is 1. The molecule has 0 atom stereocenters. The van der Waals surface area contributed by atoms with Gasteiger partial charge in [-0.1, -0.05) is 26.0 Å². The molecule has 2 aromatic rings. The van der Waals surface area contributed by atoms with Crippen molar-refractivity contribution < 1.29 is 27.5 Å². The highest BCUT2D eigenvalue weighted by atomic mass is 19.4. The van der Waals surface area contributed by atoms with Gasteiger partial charge in [0.2, 0.25) is 0 Å². The maximum Gasteiger partial charge on any atom is 0.573 e. The van der Waals surface area contributed by atoms with E-state index in [1.165, 1.54) is 36.5 Å². The Bertz CT molecular complexity index is 820. The quantitative estimate of drug-likeness (QED) is 0.796. The van der Waals surface area contributed by atoms with Gasteiger partial charge in [0.05, 0.1) is 0 Å². The van der Waals surface area contributed by atoms with Crippen LogP contribution in [0.25, 0.3) is 0 Å². The molecule has 1 N–H and O–H groups in total. The Kier molecular flexibility index (Phi) is 6.55. The van der Waals surface area contributed by atoms with Crippen LogP contribution in [0.2, 0.25) is 0 Å². The Balaban J connectivity index is 2.00. The lowest BCUT2D eigenvalue weighted by molar-refractivity contribution is -0.274. The Labute approximate surface area is 154 Å². The molecule has 0 aliphatic rings. The lowest BCUT2D eigenvalue weighted by Gasteiger charge is -2.11. The van der Waals surface area contributed by atoms with Crippen LogP contribution in [0.3, 0.4) is 0 Å². The van der Waals surface area contributed by atoms with Crippen molar-refractivity contribution >= 4 is 11.7 Å². The molecule has 0 aliphatic heterocycles. The van der Waals surface area contributed by atoms with E-state index in [1.54, 1.807) is 19.9 Å². The Hall–Kier alpha value is -2.90. The Morgan fingerprint density at radius 3 is 2.59 bits per heavy atom. The lowest BCUT2D eigenvalue weighted by atomic mass is 10.0. The number of hydrogen-bond acceptors (Lipinski definition) is 4. The molecule has 0 saturated heterocycles. The van der Waals surface area contributed by atoms with Crippen LogP contribution < -0.4 is 10.1 Å². The van der Waals surface area contributed by atoms with E-state index < -0.39 is 12.3 Å². The number of benzene rings is 1. The van der Waals surface area contributed by atoms with Crippen molar-refractivity contribution in [3.8, 4) is 5.75 Å². The molecule has 0 unspecified atom stereocenters. The van der Waals surface area contributed by atoms with Crippen molar-refractivity contribution in [1.82, 2.24) is 10.3 Å². The average molecular weight is 380 g/mol. The Morgan fingerprint density at radius 2 is 1.93 bits per heavy atom. The van der Waals surface area contributed by atoms with Gasteiger partial charge in [-0.2, -0.15) is 0 Å². The SMILES string of the molecule is CC(C)C(=O)Cc1cc(C(=O)NCc2cccc(OC(F)(F)F)c2)ccn1. The molecule has 0 bridgehead atoms. The molecule has 0 aliphatic carbocycles. The van der Waals surface area contributed by atoms with Crippen molar-refractivity contribution in [3.05, 3.63) is 59.4 Å². The molecule has 1 amide bonds. The van der Waals surface area contributed by atoms with Gasteiger partial charge in [0.1, 0.15) is 11.5 Å². The molecule has 8 heteroatoms. The number of carbonyl (C=O) groups is 2. The highest BCUT2D eigenvalue weighted by molar-refractivity contribution is 5.94. The van der Waals surface area contributed by atoms with Gasteiger partial charge in [-0.25, -0.2) is 0 Å². The molecule has 5 nitrogen and oxygen atoms in total. The normalized spacial score (nSPS) is 11.3. The van der Waals surface area contributed by atoms with E-state index in [-0.39, 0.29) is 30.4 Å². The average Bonchev–Trinajstić information content (AvgIpc) is 2.58. The fraction of sp³-hybridized carbons (Fsp3) is 0.316. The first-order chi connectivity index (χ1) is 12.6. The summed E-state index contributed by atoms with van der Waals surface area (Å²) >= 11 is 0. The minimum atomic E-state index is -4.78. The lowest BCUT2D eigenvalue weighted by Crippen LogP contribution is -2.23. The summed E-state index contributed by atoms with van der Waals surface area (Å²) in [7, 11) is 0. The van der Waals surface area contributed by atoms with Gasteiger partial charge in [0.15, 0.2) is 0 Å². The molecule has 0 radical (unpaired) electrons. The maximum absolute atomic E-state index is 12.3. The largest absolute Gasteiger partial charge is 0.573 e. The first-order valence-electron chi connectivity index (χ1n) is 8.24. The number of aromatic nitrogens is 1. The third-order valence-corrected chi connectivity index (χ3v) is 3.66. The highest BCUT2D eigenvalue weighted by Crippen LogP contribution is 2.23. The molecule has 1 aromatic carbocycles. The maximum atomic E-state index is 12.3. The van der Waals surface area contributed by atoms with E-state index in [2.05, 4.69) is 15.0 Å². The van der Waals surface area contributed by atoms with E-state index in [9.17, 15) is 22.8 Å². The summed E-state index contributed by atoms with van der Waals surface area (Å²) in [4.78, 5) is 28.2. The summed E-state index contributed by atoms with van der Waals surface area (Å²) in [5, 5.41) is 2.62. The monoisotopic (exact) mass is 380 g/mol. The van der Waals surface area contributed by atoms with Crippen LogP contribution in [-0.2, 0) is 17.8 Å². The zero-order valence-corrected chi connectivity index (χ0v) is 14.8. The second kappa shape index (κ2) is 8.66. The molecule has 0 fully saturated rings. The van der Waals surface area contributed by atoms with Crippen molar-refractivity contribution in [2.45, 2.75) is 33.2 Å². The number of nitrogens with zero attached hydrogens (tertiary/aromatic N) is 1. The second-order valence-electron chi connectivity index (χ2n) is 6.21. The minimum absolute atomic E-state index is 0.0153. The molecule has 1 heterocycles. The van der Waals surface area contributed by atoms with Gasteiger partial charge in [-0.05, 0) is 29.8 Å². The zero-order valence-electron chi connectivity index (χ0n) is 14.8. The molecular weight excluding hydrogens is 361 g/mol. The molecule has 27 heavy (non-hydrogen) atoms. The molecule has 144 valence electrons. The summed E-state index contributed by atoms with van der Waals surface area (Å²) in [6.07, 6.45) is -3.20. The van der Waals surface area contributed by atoms with Crippen molar-refractivity contribution in [1.29, 1.82) is 0 Å². The van der Waals surface area contributed by atoms with Crippen molar-refractivity contribution in [2.75, 3.05) is 0 Å². The fourth-order valence-electron chi connectivity index (χ4n) is 2.24. The summed E-state index contributed by atoms with van der Waals surface area (Å²) in [5.74, 6) is -0.887. The zero-order chi connectivity index (χ0) is 20.0. The Morgan fingerprint density at radius 1 is 1.19 bits per heavy atom. The van der Waals surface area contributed by atoms with E-state index in [0.717, 1.165) is 0 Å². The van der Waals surface area contributed by atoms with Gasteiger partial charge in [-0.3, -0.25) is 14.6 Å². The number of hydrogen-bond donors (Lipinski definition) is 1. The number of rotatable bonds is 7. The van der Waals surface area contributed by atoms with Crippen molar-refractivity contribution in [3.63, 3.8) is 0 Å². The van der Waals surface area contributed by atoms with Crippen LogP contribution in [-0.4, -0.2) is 23.0 Å². The van der Waals surface area contributed by atoms with E-state index in [0.29, 0.717) is 16.8 Å². The smallest absolute Gasteiger partial charge is 0.406 e. The number of carbonyl (C=O) groups excluding carboxylic acids is 2. The van der Waals surface area contributed by atoms with Crippen LogP contribution in [0, 0.1) is 5.92 Å². The molecule has 2 rings (SSSR count). The number of halogens is 3. The topological polar surface area (TPSA) is 68.3 Å². The molecule has 0 saturated carbocycles. The minimum Gasteiger partial charge on any atom is -0.406 e. The third-order valence-electron chi connectivity index (χ3n) is 3.66. The number of pyridine rings is 1. The first-order valence-corrected chi connectivity index (χ1v) is 8.24. The summed E-state index contributed by atoms with van der Waals surface area (Å²) in [6.45, 7) is 3.60. The van der Waals surface area contributed by atoms with Crippen LogP contribution >= 0.6 is 0 Å². The fourth-order valence-corrected chi connectivity index (χ4v) is 2.24. The number of Topliss-reactive ketones (excluding diaryl/α,β-unsaturated/α-hetero) is 1. The second-order valence-corrected chi connectivity index (χ2v) is 6.21. The van der Waals surface area contributed by atoms with Crippen LogP contribution in [0.4, 0.5) is 13.2 Å². The van der Waals surface area contributed by atoms with Gasteiger partial charge < -0.3 is 10.1 Å². The van der Waals surface area contributed by atoms with Gasteiger partial charge in [0.25, 0.3) is 5.91 Å². The van der Waals surface area contributed by atoms with Crippen molar-refractivity contribution in [2.24, 2.45) is 5.92 Å². The first kappa shape index (κ1) is 20.4. The van der Waals surface area contributed by atoms with Crippen LogP contribution in [0.15, 0.2) is 42.6 Å². The molecular formula is C19H19F3N2O3. The predicted molar refractivity (Wildman–Crippen MR) is 92.1 cm³/mol. The highest BCUT2D eigenvalue weighted by Gasteiger charge is 2.31. The predicted octanol–water partition coefficient (Wildman–Crippen LogP) is 3.68. The summed E-state index contributed by atoms with van der Waals surface area (Å²) in [6, 6.07) is 8.39. The summed E-state index contributed by atoms with van der Waals surface area (Å²) < 4.78 is 40.6. The van der Waals surface area contributed by atoms with E-state index in [4.69, 9.17) is 0 Å². The molecule has 1 aromatic heterocycles. The number of nitrogens with one attached hydrogen (secondary N) is 1. The van der Waals surface area contributed by atoms with Crippen LogP contribution in [0.5, 0.6) is 5.75 Å². The standard InChI is InChI=1S/C19H19F3N2O3/c1-12(2)17(25)10-15-9-14(6-7-23-15)18(26)24-11-13-4-3-5-16(8-13)27-19(20,21)22/h3-9,12H,10-11H2,1-2H3,(H,24,26). The number of amides is 1.